The molecular formula is C13H14N2O6. The fourth-order valence-electron chi connectivity index (χ4n) is 2.04. The van der Waals surface area contributed by atoms with Crippen LogP contribution < -0.4 is 0 Å². The minimum atomic E-state index is -0.586. The highest BCUT2D eigenvalue weighted by atomic mass is 16.5. The van der Waals surface area contributed by atoms with Gasteiger partial charge in [-0.25, -0.2) is 4.90 Å². The molecule has 1 fully saturated rings. The second kappa shape index (κ2) is 6.40. The van der Waals surface area contributed by atoms with Gasteiger partial charge in [-0.05, 0) is 0 Å². The summed E-state index contributed by atoms with van der Waals surface area (Å²) in [6, 6.07) is 0. The van der Waals surface area contributed by atoms with Crippen molar-refractivity contribution >= 4 is 29.5 Å². The Morgan fingerprint density at radius 2 is 1.57 bits per heavy atom. The zero-order valence-corrected chi connectivity index (χ0v) is 11.2. The van der Waals surface area contributed by atoms with E-state index in [9.17, 15) is 24.0 Å². The molecule has 0 aromatic rings. The van der Waals surface area contributed by atoms with Crippen LogP contribution in [-0.4, -0.2) is 59.1 Å². The van der Waals surface area contributed by atoms with Crippen molar-refractivity contribution in [1.82, 2.24) is 9.80 Å². The number of nitrogens with zero attached hydrogens (tertiary/aromatic N) is 2. The second-order valence-electron chi connectivity index (χ2n) is 4.54. The molecule has 2 aliphatic heterocycles. The van der Waals surface area contributed by atoms with Gasteiger partial charge in [0.05, 0.1) is 26.2 Å². The Kier molecular flexibility index (Phi) is 4.59. The van der Waals surface area contributed by atoms with E-state index < -0.39 is 29.5 Å². The molecule has 1 saturated heterocycles. The molecule has 0 atom stereocenters. The Labute approximate surface area is 120 Å². The second-order valence-corrected chi connectivity index (χ2v) is 4.54. The van der Waals surface area contributed by atoms with Crippen LogP contribution in [0.15, 0.2) is 12.2 Å². The summed E-state index contributed by atoms with van der Waals surface area (Å²) in [4.78, 5) is 58.4. The first kappa shape index (κ1) is 15.0. The number of ether oxygens (including phenoxy) is 1. The van der Waals surface area contributed by atoms with Gasteiger partial charge in [0.1, 0.15) is 0 Å². The third-order valence-corrected chi connectivity index (χ3v) is 3.12. The van der Waals surface area contributed by atoms with Crippen LogP contribution in [-0.2, 0) is 28.7 Å². The average Bonchev–Trinajstić information content (AvgIpc) is 2.94. The average molecular weight is 294 g/mol. The van der Waals surface area contributed by atoms with E-state index in [1.807, 2.05) is 0 Å². The molecule has 0 aromatic heterocycles. The first-order valence-corrected chi connectivity index (χ1v) is 6.50. The summed E-state index contributed by atoms with van der Waals surface area (Å²) in [6.45, 7) is 0.203. The summed E-state index contributed by atoms with van der Waals surface area (Å²) in [6.07, 6.45) is 2.39. The number of carbonyl (C=O) groups excluding carboxylic acids is 5. The molecule has 5 amide bonds. The fraction of sp³-hybridized carbons (Fsp3) is 0.462. The molecule has 0 radical (unpaired) electrons. The fourth-order valence-corrected chi connectivity index (χ4v) is 2.04. The molecule has 2 rings (SSSR count). The summed E-state index contributed by atoms with van der Waals surface area (Å²) in [5.41, 5.74) is 0. The Bertz CT molecular complexity index is 505. The predicted molar refractivity (Wildman–Crippen MR) is 67.4 cm³/mol. The topological polar surface area (TPSA) is 101 Å². The summed E-state index contributed by atoms with van der Waals surface area (Å²) in [7, 11) is 0. The van der Waals surface area contributed by atoms with Crippen molar-refractivity contribution in [3.63, 3.8) is 0 Å². The van der Waals surface area contributed by atoms with Crippen LogP contribution in [0.25, 0.3) is 0 Å². The quantitative estimate of drug-likeness (QED) is 0.460. The molecule has 0 aliphatic carbocycles. The number of rotatable bonds is 6. The maximum absolute atomic E-state index is 11.7. The van der Waals surface area contributed by atoms with E-state index in [0.717, 1.165) is 4.90 Å². The number of hydrogen-bond acceptors (Lipinski definition) is 6. The highest BCUT2D eigenvalue weighted by Crippen LogP contribution is 2.13. The van der Waals surface area contributed by atoms with Gasteiger partial charge < -0.3 is 4.74 Å². The van der Waals surface area contributed by atoms with Crippen molar-refractivity contribution in [2.24, 2.45) is 0 Å². The molecule has 112 valence electrons. The van der Waals surface area contributed by atoms with Crippen LogP contribution in [0.4, 0.5) is 0 Å². The summed E-state index contributed by atoms with van der Waals surface area (Å²) in [5.74, 6) is -2.34. The summed E-state index contributed by atoms with van der Waals surface area (Å²) >= 11 is 0. The van der Waals surface area contributed by atoms with Crippen LogP contribution in [0.2, 0.25) is 0 Å². The van der Waals surface area contributed by atoms with E-state index >= 15 is 0 Å². The molecule has 8 nitrogen and oxygen atoms in total. The van der Waals surface area contributed by atoms with Crippen LogP contribution in [0, 0.1) is 0 Å². The van der Waals surface area contributed by atoms with Gasteiger partial charge in [0.2, 0.25) is 17.7 Å². The number of imide groups is 4. The molecule has 8 heteroatoms. The van der Waals surface area contributed by atoms with E-state index in [2.05, 4.69) is 0 Å². The lowest BCUT2D eigenvalue weighted by Crippen LogP contribution is -2.36. The molecule has 0 spiro atoms. The van der Waals surface area contributed by atoms with Gasteiger partial charge in [0, 0.05) is 25.0 Å². The lowest BCUT2D eigenvalue weighted by Gasteiger charge is -2.14. The first-order chi connectivity index (χ1) is 10.0. The van der Waals surface area contributed by atoms with E-state index in [1.54, 1.807) is 0 Å². The largest absolute Gasteiger partial charge is 0.379 e. The summed E-state index contributed by atoms with van der Waals surface area (Å²) < 4.78 is 5.15. The minimum absolute atomic E-state index is 0.0134. The number of amides is 5. The van der Waals surface area contributed by atoms with Gasteiger partial charge in [-0.3, -0.25) is 28.9 Å². The smallest absolute Gasteiger partial charge is 0.253 e. The summed E-state index contributed by atoms with van der Waals surface area (Å²) in [5, 5.41) is 0. The van der Waals surface area contributed by atoms with Crippen molar-refractivity contribution in [2.45, 2.75) is 19.3 Å². The lowest BCUT2D eigenvalue weighted by molar-refractivity contribution is -0.150. The van der Waals surface area contributed by atoms with Gasteiger partial charge in [0.15, 0.2) is 0 Å². The number of hydrogen-bond donors (Lipinski definition) is 0. The molecule has 21 heavy (non-hydrogen) atoms. The Hall–Kier alpha value is -2.35. The SMILES string of the molecule is O=C1C=CC(=O)N1CCOCCC(=O)N1C(=O)CCC1=O. The predicted octanol–water partition coefficient (Wildman–Crippen LogP) is -1.01. The van der Waals surface area contributed by atoms with E-state index in [0.29, 0.717) is 4.90 Å². The third kappa shape index (κ3) is 3.40. The highest BCUT2D eigenvalue weighted by Gasteiger charge is 2.33. The normalized spacial score (nSPS) is 18.3. The molecule has 2 aliphatic rings. The van der Waals surface area contributed by atoms with E-state index in [-0.39, 0.29) is 39.0 Å². The molecule has 2 heterocycles. The van der Waals surface area contributed by atoms with E-state index in [4.69, 9.17) is 4.74 Å². The number of likely N-dealkylation sites (tertiary alicyclic amines) is 1. The van der Waals surface area contributed by atoms with Crippen molar-refractivity contribution in [1.29, 1.82) is 0 Å². The van der Waals surface area contributed by atoms with Gasteiger partial charge in [-0.15, -0.1) is 0 Å². The van der Waals surface area contributed by atoms with Gasteiger partial charge >= 0.3 is 0 Å². The van der Waals surface area contributed by atoms with E-state index in [1.165, 1.54) is 12.2 Å². The Morgan fingerprint density at radius 3 is 2.14 bits per heavy atom. The maximum atomic E-state index is 11.7. The van der Waals surface area contributed by atoms with Crippen LogP contribution >= 0.6 is 0 Å². The van der Waals surface area contributed by atoms with Crippen LogP contribution in [0.1, 0.15) is 19.3 Å². The zero-order valence-electron chi connectivity index (χ0n) is 11.2. The maximum Gasteiger partial charge on any atom is 0.253 e. The van der Waals surface area contributed by atoms with Crippen molar-refractivity contribution in [3.8, 4) is 0 Å². The lowest BCUT2D eigenvalue weighted by atomic mass is 10.4. The monoisotopic (exact) mass is 294 g/mol. The molecule has 0 bridgehead atoms. The van der Waals surface area contributed by atoms with Crippen LogP contribution in [0.5, 0.6) is 0 Å². The molecule has 0 N–H and O–H groups in total. The van der Waals surface area contributed by atoms with Gasteiger partial charge in [-0.1, -0.05) is 0 Å². The first-order valence-electron chi connectivity index (χ1n) is 6.50. The molecule has 0 unspecified atom stereocenters. The van der Waals surface area contributed by atoms with Gasteiger partial charge in [-0.2, -0.15) is 0 Å². The zero-order chi connectivity index (χ0) is 15.4. The molecular weight excluding hydrogens is 280 g/mol. The molecule has 0 saturated carbocycles. The Balaban J connectivity index is 1.65. The third-order valence-electron chi connectivity index (χ3n) is 3.12. The van der Waals surface area contributed by atoms with Crippen molar-refractivity contribution in [2.75, 3.05) is 19.8 Å². The van der Waals surface area contributed by atoms with Crippen molar-refractivity contribution < 1.29 is 28.7 Å². The molecule has 0 aromatic carbocycles. The number of carbonyl (C=O) groups is 5. The van der Waals surface area contributed by atoms with Crippen LogP contribution in [0.3, 0.4) is 0 Å². The van der Waals surface area contributed by atoms with Crippen molar-refractivity contribution in [3.05, 3.63) is 12.2 Å². The Morgan fingerprint density at radius 1 is 1.00 bits per heavy atom. The van der Waals surface area contributed by atoms with Gasteiger partial charge in [0.25, 0.3) is 11.8 Å². The minimum Gasteiger partial charge on any atom is -0.379 e. The highest BCUT2D eigenvalue weighted by molar-refractivity contribution is 6.15. The standard InChI is InChI=1S/C13H14N2O6/c16-9-1-2-10(17)14(9)6-8-21-7-5-13(20)15-11(18)3-4-12(15)19/h1-2H,3-8H2.